The van der Waals surface area contributed by atoms with Crippen LogP contribution in [-0.4, -0.2) is 18.7 Å². The molecule has 0 bridgehead atoms. The highest BCUT2D eigenvalue weighted by Crippen LogP contribution is 2.47. The molecule has 2 atom stereocenters. The van der Waals surface area contributed by atoms with Crippen molar-refractivity contribution in [1.82, 2.24) is 18.7 Å². The van der Waals surface area contributed by atoms with Gasteiger partial charge in [-0.05, 0) is 85.0 Å². The number of halogens is 2. The zero-order valence-electron chi connectivity index (χ0n) is 32.3. The first kappa shape index (κ1) is 39.3. The second-order valence-electron chi connectivity index (χ2n) is 14.8. The lowest BCUT2D eigenvalue weighted by Crippen LogP contribution is -2.01. The molecule has 4 nitrogen and oxygen atoms in total. The predicted octanol–water partition coefficient (Wildman–Crippen LogP) is 15.0. The van der Waals surface area contributed by atoms with E-state index in [1.54, 1.807) is 24.5 Å². The summed E-state index contributed by atoms with van der Waals surface area (Å²) in [5, 5.41) is 0. The molecule has 0 spiro atoms. The summed E-state index contributed by atoms with van der Waals surface area (Å²) >= 11 is 4.21. The second-order valence-corrected chi connectivity index (χ2v) is 17.5. The summed E-state index contributed by atoms with van der Waals surface area (Å²) in [6.07, 6.45) is 17.1. The molecule has 4 heterocycles. The van der Waals surface area contributed by atoms with Crippen molar-refractivity contribution in [2.45, 2.75) is 105 Å². The minimum absolute atomic E-state index is 0.194. The van der Waals surface area contributed by atoms with Gasteiger partial charge in [0, 0.05) is 54.2 Å². The molecule has 3 aromatic carbocycles. The van der Waals surface area contributed by atoms with E-state index in [1.165, 1.54) is 74.0 Å². The van der Waals surface area contributed by atoms with E-state index in [1.807, 2.05) is 36.4 Å². The van der Waals surface area contributed by atoms with E-state index in [2.05, 4.69) is 39.8 Å². The first-order chi connectivity index (χ1) is 26.9. The molecule has 0 aliphatic rings. The van der Waals surface area contributed by atoms with Crippen LogP contribution in [0.4, 0.5) is 8.78 Å². The van der Waals surface area contributed by atoms with E-state index >= 15 is 8.78 Å². The van der Waals surface area contributed by atoms with Crippen LogP contribution in [0.15, 0.2) is 73.1 Å². The summed E-state index contributed by atoms with van der Waals surface area (Å²) < 4.78 is 40.9. The molecule has 0 N–H and O–H groups in total. The number of benzene rings is 3. The van der Waals surface area contributed by atoms with Crippen molar-refractivity contribution in [2.75, 3.05) is 0 Å². The highest BCUT2D eigenvalue weighted by molar-refractivity contribution is 7.19. The molecule has 55 heavy (non-hydrogen) atoms. The van der Waals surface area contributed by atoms with Gasteiger partial charge in [0.15, 0.2) is 0 Å². The quantitative estimate of drug-likeness (QED) is 0.0868. The van der Waals surface area contributed by atoms with Crippen molar-refractivity contribution >= 4 is 56.5 Å². The van der Waals surface area contributed by atoms with Gasteiger partial charge in [-0.3, -0.25) is 9.97 Å². The van der Waals surface area contributed by atoms with Gasteiger partial charge in [-0.2, -0.15) is 8.75 Å². The third-order valence-corrected chi connectivity index (χ3v) is 14.0. The molecular weight excluding hydrogens is 743 g/mol. The number of thiophene rings is 2. The highest BCUT2D eigenvalue weighted by atomic mass is 32.1. The van der Waals surface area contributed by atoms with Crippen LogP contribution in [0.2, 0.25) is 0 Å². The lowest BCUT2D eigenvalue weighted by molar-refractivity contribution is 0.421. The van der Waals surface area contributed by atoms with Gasteiger partial charge in [0.1, 0.15) is 33.7 Å². The van der Waals surface area contributed by atoms with Crippen molar-refractivity contribution in [3.63, 3.8) is 0 Å². The van der Waals surface area contributed by atoms with Crippen LogP contribution in [0.25, 0.3) is 63.8 Å². The van der Waals surface area contributed by atoms with Crippen molar-refractivity contribution < 1.29 is 8.78 Å². The Balaban J connectivity index is 1.16. The molecule has 286 valence electrons. The van der Waals surface area contributed by atoms with E-state index < -0.39 is 0 Å². The largest absolute Gasteiger partial charge is 0.252 e. The zero-order valence-corrected chi connectivity index (χ0v) is 34.8. The minimum atomic E-state index is -0.194. The van der Waals surface area contributed by atoms with Crippen LogP contribution in [0.3, 0.4) is 0 Å². The Hall–Kier alpha value is -3.92. The standard InChI is InChI=1S/C46H50F2N4S3/c1-5-9-11-29(7-3)13-15-31-17-19-33(35(47)27-31)37-21-23-39(53-37)41-43-44(50-26-25-49-43)42(46-45(41)51-55-52-46)40-24-22-38(54-40)34-20-18-32(28-36(34)48)16-14-30(8-4)12-10-6-2/h17-30H,5-16H2,1-4H3. The van der Waals surface area contributed by atoms with Crippen molar-refractivity contribution in [3.8, 4) is 41.8 Å². The first-order valence-electron chi connectivity index (χ1n) is 20.1. The van der Waals surface area contributed by atoms with Gasteiger partial charge in [0.2, 0.25) is 0 Å². The molecule has 0 radical (unpaired) electrons. The van der Waals surface area contributed by atoms with Crippen molar-refractivity contribution in [3.05, 3.63) is 95.8 Å². The molecule has 0 saturated carbocycles. The van der Waals surface area contributed by atoms with Crippen LogP contribution in [0.1, 0.15) is 103 Å². The fourth-order valence-corrected chi connectivity index (χ4v) is 10.5. The van der Waals surface area contributed by atoms with Crippen LogP contribution in [-0.2, 0) is 12.8 Å². The molecule has 9 heteroatoms. The molecule has 0 aliphatic heterocycles. The van der Waals surface area contributed by atoms with Crippen LogP contribution < -0.4 is 0 Å². The summed E-state index contributed by atoms with van der Waals surface area (Å²) in [5.74, 6) is 0.990. The van der Waals surface area contributed by atoms with Crippen LogP contribution in [0.5, 0.6) is 0 Å². The fourth-order valence-electron chi connectivity index (χ4n) is 7.81. The maximum absolute atomic E-state index is 15.7. The Bertz CT molecular complexity index is 2200. The minimum Gasteiger partial charge on any atom is -0.252 e. The molecule has 7 aromatic rings. The van der Waals surface area contributed by atoms with Crippen LogP contribution >= 0.6 is 34.4 Å². The summed E-state index contributed by atoms with van der Waals surface area (Å²) in [5.41, 5.74) is 7.89. The molecule has 4 aromatic heterocycles. The molecule has 7 rings (SSSR count). The van der Waals surface area contributed by atoms with Gasteiger partial charge in [-0.15, -0.1) is 22.7 Å². The Morgan fingerprint density at radius 2 is 0.964 bits per heavy atom. The molecule has 0 fully saturated rings. The van der Waals surface area contributed by atoms with E-state index in [9.17, 15) is 0 Å². The fraction of sp³-hybridized carbons (Fsp3) is 0.391. The average Bonchev–Trinajstić information content (AvgIpc) is 4.00. The Kier molecular flexibility index (Phi) is 13.1. The number of nitrogens with zero attached hydrogens (tertiary/aromatic N) is 4. The van der Waals surface area contributed by atoms with E-state index in [0.29, 0.717) is 34.0 Å². The molecular formula is C46H50F2N4S3. The van der Waals surface area contributed by atoms with E-state index in [4.69, 9.17) is 18.7 Å². The summed E-state index contributed by atoms with van der Waals surface area (Å²) in [7, 11) is 0. The highest BCUT2D eigenvalue weighted by Gasteiger charge is 2.24. The monoisotopic (exact) mass is 792 g/mol. The Morgan fingerprint density at radius 3 is 1.36 bits per heavy atom. The second kappa shape index (κ2) is 18.4. The first-order valence-corrected chi connectivity index (χ1v) is 22.4. The number of fused-ring (bicyclic) bond motifs is 2. The number of rotatable bonds is 18. The van der Waals surface area contributed by atoms with Crippen molar-refractivity contribution in [1.29, 1.82) is 0 Å². The third-order valence-electron chi connectivity index (χ3n) is 11.2. The summed E-state index contributed by atoms with van der Waals surface area (Å²) in [4.78, 5) is 13.2. The van der Waals surface area contributed by atoms with Gasteiger partial charge in [0.05, 0.1) is 11.7 Å². The SMILES string of the molecule is CCCCC(CC)CCc1ccc(-c2ccc(-c3c4nccnc4c(-c4ccc(-c5ccc(CCC(CC)CCCC)cc5F)s4)c4nsnc34)s2)c(F)c1. The maximum atomic E-state index is 15.7. The van der Waals surface area contributed by atoms with Crippen molar-refractivity contribution in [2.24, 2.45) is 11.8 Å². The summed E-state index contributed by atoms with van der Waals surface area (Å²) in [6, 6.07) is 19.5. The van der Waals surface area contributed by atoms with E-state index in [0.717, 1.165) is 90.2 Å². The Morgan fingerprint density at radius 1 is 0.527 bits per heavy atom. The smallest absolute Gasteiger partial charge is 0.132 e. The average molecular weight is 793 g/mol. The van der Waals surface area contributed by atoms with Gasteiger partial charge in [0.25, 0.3) is 0 Å². The Labute approximate surface area is 336 Å². The zero-order chi connectivity index (χ0) is 38.3. The number of aromatic nitrogens is 4. The van der Waals surface area contributed by atoms with E-state index in [-0.39, 0.29) is 11.6 Å². The molecule has 0 amide bonds. The van der Waals surface area contributed by atoms with Gasteiger partial charge >= 0.3 is 0 Å². The topological polar surface area (TPSA) is 51.6 Å². The molecule has 0 aliphatic carbocycles. The number of hydrogen-bond donors (Lipinski definition) is 0. The normalized spacial score (nSPS) is 12.9. The van der Waals surface area contributed by atoms with Gasteiger partial charge in [-0.25, -0.2) is 8.78 Å². The predicted molar refractivity (Wildman–Crippen MR) is 231 cm³/mol. The van der Waals surface area contributed by atoms with Crippen LogP contribution in [0, 0.1) is 23.5 Å². The molecule has 2 unspecified atom stereocenters. The maximum Gasteiger partial charge on any atom is 0.132 e. The van der Waals surface area contributed by atoms with Gasteiger partial charge < -0.3 is 0 Å². The lowest BCUT2D eigenvalue weighted by atomic mass is 9.92. The number of aryl methyl sites for hydroxylation is 2. The number of hydrogen-bond acceptors (Lipinski definition) is 7. The molecule has 0 saturated heterocycles. The lowest BCUT2D eigenvalue weighted by Gasteiger charge is -2.14. The third kappa shape index (κ3) is 8.74. The van der Waals surface area contributed by atoms with Gasteiger partial charge in [-0.1, -0.05) is 103 Å². The number of unbranched alkanes of at least 4 members (excludes halogenated alkanes) is 2. The summed E-state index contributed by atoms with van der Waals surface area (Å²) in [6.45, 7) is 8.99.